The van der Waals surface area contributed by atoms with Crippen molar-refractivity contribution in [3.05, 3.63) is 35.4 Å². The van der Waals surface area contributed by atoms with E-state index in [0.717, 1.165) is 19.5 Å². The van der Waals surface area contributed by atoms with Crippen LogP contribution in [0.5, 0.6) is 0 Å². The van der Waals surface area contributed by atoms with Crippen molar-refractivity contribution in [2.24, 2.45) is 5.92 Å². The molecule has 0 radical (unpaired) electrons. The summed E-state index contributed by atoms with van der Waals surface area (Å²) in [6.45, 7) is 9.06. The summed E-state index contributed by atoms with van der Waals surface area (Å²) in [6.07, 6.45) is 1.16. The topological polar surface area (TPSA) is 15.3 Å². The maximum absolute atomic E-state index is 3.66. The van der Waals surface area contributed by atoms with Gasteiger partial charge in [-0.2, -0.15) is 0 Å². The van der Waals surface area contributed by atoms with Gasteiger partial charge in [-0.05, 0) is 37.4 Å². The smallest absolute Gasteiger partial charge is 0.0238 e. The average molecular weight is 246 g/mol. The highest BCUT2D eigenvalue weighted by atomic mass is 15.2. The highest BCUT2D eigenvalue weighted by Crippen LogP contribution is 2.17. The number of nitrogens with zero attached hydrogens (tertiary/aromatic N) is 1. The molecule has 0 bridgehead atoms. The van der Waals surface area contributed by atoms with Gasteiger partial charge in [-0.1, -0.05) is 38.1 Å². The molecule has 0 aliphatic carbocycles. The molecule has 1 heterocycles. The molecule has 1 aliphatic rings. The second kappa shape index (κ2) is 5.85. The number of hydrogen-bond acceptors (Lipinski definition) is 2. The van der Waals surface area contributed by atoms with Gasteiger partial charge in [0.15, 0.2) is 0 Å². The second-order valence-corrected chi connectivity index (χ2v) is 5.97. The van der Waals surface area contributed by atoms with E-state index in [0.29, 0.717) is 18.0 Å². The van der Waals surface area contributed by atoms with Gasteiger partial charge in [-0.3, -0.25) is 0 Å². The summed E-state index contributed by atoms with van der Waals surface area (Å²) in [5, 5.41) is 3.66. The lowest BCUT2D eigenvalue weighted by Crippen LogP contribution is -2.46. The van der Waals surface area contributed by atoms with Crippen LogP contribution in [0.25, 0.3) is 0 Å². The first kappa shape index (κ1) is 13.6. The van der Waals surface area contributed by atoms with Gasteiger partial charge >= 0.3 is 0 Å². The molecule has 0 aromatic heterocycles. The van der Waals surface area contributed by atoms with Crippen molar-refractivity contribution in [2.75, 3.05) is 13.6 Å². The minimum atomic E-state index is 0.589. The number of fused-ring (bicyclic) bond motifs is 1. The van der Waals surface area contributed by atoms with Crippen molar-refractivity contribution in [3.8, 4) is 0 Å². The van der Waals surface area contributed by atoms with Crippen LogP contribution in [0.15, 0.2) is 24.3 Å². The Hall–Kier alpha value is -0.860. The zero-order valence-corrected chi connectivity index (χ0v) is 12.1. The summed E-state index contributed by atoms with van der Waals surface area (Å²) < 4.78 is 0. The molecule has 2 heteroatoms. The fourth-order valence-corrected chi connectivity index (χ4v) is 2.67. The Bertz CT molecular complexity index is 386. The number of benzene rings is 1. The quantitative estimate of drug-likeness (QED) is 0.878. The molecule has 2 nitrogen and oxygen atoms in total. The van der Waals surface area contributed by atoms with Crippen LogP contribution in [0.3, 0.4) is 0 Å². The largest absolute Gasteiger partial charge is 0.308 e. The maximum atomic E-state index is 3.66. The average Bonchev–Trinajstić information content (AvgIpc) is 2.37. The minimum Gasteiger partial charge on any atom is -0.308 e. The lowest BCUT2D eigenvalue weighted by Gasteiger charge is -2.34. The fourth-order valence-electron chi connectivity index (χ4n) is 2.67. The van der Waals surface area contributed by atoms with Gasteiger partial charge in [0.25, 0.3) is 0 Å². The molecule has 1 N–H and O–H groups in total. The van der Waals surface area contributed by atoms with Gasteiger partial charge in [0.2, 0.25) is 0 Å². The highest BCUT2D eigenvalue weighted by molar-refractivity contribution is 5.29. The molecule has 0 spiro atoms. The van der Waals surface area contributed by atoms with Gasteiger partial charge in [0.1, 0.15) is 0 Å². The van der Waals surface area contributed by atoms with E-state index in [2.05, 4.69) is 62.3 Å². The summed E-state index contributed by atoms with van der Waals surface area (Å²) >= 11 is 0. The van der Waals surface area contributed by atoms with Gasteiger partial charge in [-0.15, -0.1) is 0 Å². The van der Waals surface area contributed by atoms with E-state index in [1.54, 1.807) is 0 Å². The molecular formula is C16H26N2. The summed E-state index contributed by atoms with van der Waals surface area (Å²) in [7, 11) is 2.24. The van der Waals surface area contributed by atoms with Crippen LogP contribution in [0.4, 0.5) is 0 Å². The number of hydrogen-bond donors (Lipinski definition) is 1. The van der Waals surface area contributed by atoms with Gasteiger partial charge in [-0.25, -0.2) is 0 Å². The highest BCUT2D eigenvalue weighted by Gasteiger charge is 2.21. The van der Waals surface area contributed by atoms with E-state index in [1.165, 1.54) is 11.1 Å². The first-order valence-electron chi connectivity index (χ1n) is 7.08. The summed E-state index contributed by atoms with van der Waals surface area (Å²) in [6, 6.07) is 10.0. The number of rotatable bonds is 4. The Morgan fingerprint density at radius 2 is 1.89 bits per heavy atom. The maximum Gasteiger partial charge on any atom is 0.0238 e. The molecule has 0 amide bonds. The van der Waals surface area contributed by atoms with E-state index >= 15 is 0 Å². The molecular weight excluding hydrogens is 220 g/mol. The number of likely N-dealkylation sites (N-methyl/N-ethyl adjacent to an activating group) is 1. The molecule has 2 atom stereocenters. The molecule has 0 saturated carbocycles. The molecule has 0 fully saturated rings. The predicted molar refractivity (Wildman–Crippen MR) is 77.7 cm³/mol. The van der Waals surface area contributed by atoms with Crippen molar-refractivity contribution >= 4 is 0 Å². The first-order valence-corrected chi connectivity index (χ1v) is 7.08. The third-order valence-corrected chi connectivity index (χ3v) is 4.33. The molecule has 0 saturated heterocycles. The molecule has 1 aliphatic heterocycles. The lowest BCUT2D eigenvalue weighted by atomic mass is 9.95. The predicted octanol–water partition coefficient (Wildman–Crippen LogP) is 2.68. The third kappa shape index (κ3) is 3.12. The minimum absolute atomic E-state index is 0.589. The van der Waals surface area contributed by atoms with Crippen LogP contribution in [0.2, 0.25) is 0 Å². The Kier molecular flexibility index (Phi) is 4.41. The van der Waals surface area contributed by atoms with E-state index in [9.17, 15) is 0 Å². The zero-order valence-electron chi connectivity index (χ0n) is 12.1. The van der Waals surface area contributed by atoms with E-state index in [1.807, 2.05) is 0 Å². The second-order valence-electron chi connectivity index (χ2n) is 5.97. The van der Waals surface area contributed by atoms with E-state index in [-0.39, 0.29) is 0 Å². The molecule has 18 heavy (non-hydrogen) atoms. The SMILES string of the molecule is CC(C)C(C)N(C)CC1Cc2ccccc2CN1. The normalized spacial score (nSPS) is 21.1. The Balaban J connectivity index is 1.94. The van der Waals surface area contributed by atoms with Crippen LogP contribution in [0.1, 0.15) is 31.9 Å². The van der Waals surface area contributed by atoms with E-state index in [4.69, 9.17) is 0 Å². The molecule has 2 rings (SSSR count). The van der Waals surface area contributed by atoms with Crippen LogP contribution in [-0.4, -0.2) is 30.6 Å². The Morgan fingerprint density at radius 3 is 2.56 bits per heavy atom. The summed E-state index contributed by atoms with van der Waals surface area (Å²) in [4.78, 5) is 2.48. The molecule has 1 aromatic carbocycles. The Morgan fingerprint density at radius 1 is 1.22 bits per heavy atom. The van der Waals surface area contributed by atoms with Gasteiger partial charge in [0, 0.05) is 25.2 Å². The van der Waals surface area contributed by atoms with Crippen molar-refractivity contribution < 1.29 is 0 Å². The zero-order chi connectivity index (χ0) is 13.1. The van der Waals surface area contributed by atoms with Crippen molar-refractivity contribution in [1.29, 1.82) is 0 Å². The van der Waals surface area contributed by atoms with Crippen LogP contribution in [0, 0.1) is 5.92 Å². The van der Waals surface area contributed by atoms with Gasteiger partial charge in [0.05, 0.1) is 0 Å². The van der Waals surface area contributed by atoms with Crippen LogP contribution < -0.4 is 5.32 Å². The number of nitrogens with one attached hydrogen (secondary N) is 1. The van der Waals surface area contributed by atoms with Crippen LogP contribution >= 0.6 is 0 Å². The van der Waals surface area contributed by atoms with E-state index < -0.39 is 0 Å². The Labute approximate surface area is 111 Å². The molecule has 1 aromatic rings. The standard InChI is InChI=1S/C16H26N2/c1-12(2)13(3)18(4)11-16-9-14-7-5-6-8-15(14)10-17-16/h5-8,12-13,16-17H,9-11H2,1-4H3. The lowest BCUT2D eigenvalue weighted by molar-refractivity contribution is 0.184. The van der Waals surface area contributed by atoms with Gasteiger partial charge < -0.3 is 10.2 Å². The monoisotopic (exact) mass is 246 g/mol. The molecule has 100 valence electrons. The van der Waals surface area contributed by atoms with Crippen molar-refractivity contribution in [3.63, 3.8) is 0 Å². The summed E-state index contributed by atoms with van der Waals surface area (Å²) in [5.74, 6) is 0.714. The van der Waals surface area contributed by atoms with Crippen LogP contribution in [-0.2, 0) is 13.0 Å². The molecule has 2 unspecified atom stereocenters. The first-order chi connectivity index (χ1) is 8.58. The van der Waals surface area contributed by atoms with Crippen molar-refractivity contribution in [2.45, 2.75) is 45.8 Å². The third-order valence-electron chi connectivity index (χ3n) is 4.33. The van der Waals surface area contributed by atoms with Crippen molar-refractivity contribution in [1.82, 2.24) is 10.2 Å². The fraction of sp³-hybridized carbons (Fsp3) is 0.625. The summed E-state index contributed by atoms with van der Waals surface area (Å²) in [5.41, 5.74) is 2.99.